The summed E-state index contributed by atoms with van der Waals surface area (Å²) < 4.78 is 0. The van der Waals surface area contributed by atoms with Gasteiger partial charge in [-0.3, -0.25) is 14.6 Å². The van der Waals surface area contributed by atoms with Crippen LogP contribution in [0.4, 0.5) is 5.69 Å². The lowest BCUT2D eigenvalue weighted by Gasteiger charge is -2.39. The number of rotatable bonds is 3. The monoisotopic (exact) mass is 296 g/mol. The number of aliphatic carboxylic acids is 1. The van der Waals surface area contributed by atoms with E-state index in [-0.39, 0.29) is 12.3 Å². The topological polar surface area (TPSA) is 70.5 Å². The number of carboxylic acids is 1. The van der Waals surface area contributed by atoms with Gasteiger partial charge in [-0.15, -0.1) is 0 Å². The van der Waals surface area contributed by atoms with Crippen LogP contribution in [0.2, 0.25) is 0 Å². The number of carbonyl (C=O) groups is 2. The number of amides is 1. The molecule has 1 amide bonds. The molecule has 1 fully saturated rings. The molecule has 2 aromatic rings. The Bertz CT molecular complexity index is 673. The first-order valence-electron chi connectivity index (χ1n) is 7.19. The van der Waals surface area contributed by atoms with Crippen LogP contribution in [0.5, 0.6) is 0 Å². The van der Waals surface area contributed by atoms with Crippen molar-refractivity contribution in [2.75, 3.05) is 4.90 Å². The maximum atomic E-state index is 12.5. The van der Waals surface area contributed by atoms with E-state index >= 15 is 0 Å². The molecule has 0 radical (unpaired) electrons. The summed E-state index contributed by atoms with van der Waals surface area (Å²) in [6.45, 7) is 0. The van der Waals surface area contributed by atoms with Crippen molar-refractivity contribution in [2.24, 2.45) is 5.92 Å². The van der Waals surface area contributed by atoms with Crippen LogP contribution >= 0.6 is 0 Å². The maximum Gasteiger partial charge on any atom is 0.309 e. The zero-order chi connectivity index (χ0) is 15.5. The fourth-order valence-electron chi connectivity index (χ4n) is 2.93. The quantitative estimate of drug-likeness (QED) is 0.945. The normalized spacial score (nSPS) is 21.6. The van der Waals surface area contributed by atoms with Gasteiger partial charge in [-0.25, -0.2) is 0 Å². The number of hydrogen-bond donors (Lipinski definition) is 1. The van der Waals surface area contributed by atoms with E-state index < -0.39 is 17.9 Å². The van der Waals surface area contributed by atoms with E-state index in [1.807, 2.05) is 36.4 Å². The zero-order valence-corrected chi connectivity index (χ0v) is 11.9. The zero-order valence-electron chi connectivity index (χ0n) is 11.9. The minimum atomic E-state index is -0.899. The summed E-state index contributed by atoms with van der Waals surface area (Å²) >= 11 is 0. The first kappa shape index (κ1) is 14.3. The van der Waals surface area contributed by atoms with E-state index in [4.69, 9.17) is 0 Å². The van der Waals surface area contributed by atoms with Gasteiger partial charge in [0, 0.05) is 18.3 Å². The van der Waals surface area contributed by atoms with Crippen LogP contribution < -0.4 is 4.90 Å². The van der Waals surface area contributed by atoms with Crippen molar-refractivity contribution in [1.82, 2.24) is 4.98 Å². The van der Waals surface area contributed by atoms with Crippen LogP contribution in [0, 0.1) is 5.92 Å². The van der Waals surface area contributed by atoms with Gasteiger partial charge in [0.2, 0.25) is 5.91 Å². The molecule has 3 rings (SSSR count). The largest absolute Gasteiger partial charge is 0.481 e. The fourth-order valence-corrected chi connectivity index (χ4v) is 2.93. The number of para-hydroxylation sites is 1. The van der Waals surface area contributed by atoms with E-state index in [2.05, 4.69) is 4.98 Å². The van der Waals surface area contributed by atoms with Crippen molar-refractivity contribution < 1.29 is 14.7 Å². The van der Waals surface area contributed by atoms with Crippen LogP contribution in [0.3, 0.4) is 0 Å². The van der Waals surface area contributed by atoms with Gasteiger partial charge >= 0.3 is 5.97 Å². The molecule has 2 atom stereocenters. The molecule has 1 aliphatic heterocycles. The van der Waals surface area contributed by atoms with E-state index in [0.29, 0.717) is 17.8 Å². The summed E-state index contributed by atoms with van der Waals surface area (Å²) in [5, 5.41) is 9.56. The molecule has 2 heterocycles. The fraction of sp³-hybridized carbons (Fsp3) is 0.235. The van der Waals surface area contributed by atoms with Gasteiger partial charge in [-0.1, -0.05) is 24.3 Å². The van der Waals surface area contributed by atoms with Gasteiger partial charge in [-0.2, -0.15) is 0 Å². The second kappa shape index (κ2) is 5.97. The molecule has 1 aromatic heterocycles. The number of aromatic nitrogens is 1. The highest BCUT2D eigenvalue weighted by Gasteiger charge is 2.42. The molecule has 0 spiro atoms. The lowest BCUT2D eigenvalue weighted by molar-refractivity contribution is -0.144. The molecule has 1 saturated heterocycles. The average Bonchev–Trinajstić information content (AvgIpc) is 2.56. The predicted octanol–water partition coefficient (Wildman–Crippen LogP) is 2.65. The molecule has 5 heteroatoms. The second-order valence-corrected chi connectivity index (χ2v) is 5.28. The summed E-state index contributed by atoms with van der Waals surface area (Å²) in [4.78, 5) is 30.0. The van der Waals surface area contributed by atoms with Gasteiger partial charge in [-0.05, 0) is 30.7 Å². The highest BCUT2D eigenvalue weighted by molar-refractivity contribution is 5.96. The van der Waals surface area contributed by atoms with Crippen LogP contribution in [0.15, 0.2) is 54.7 Å². The van der Waals surface area contributed by atoms with Crippen molar-refractivity contribution in [3.8, 4) is 0 Å². The molecule has 1 N–H and O–H groups in total. The van der Waals surface area contributed by atoms with E-state index in [0.717, 1.165) is 0 Å². The lowest BCUT2D eigenvalue weighted by Crippen LogP contribution is -2.45. The molecular weight excluding hydrogens is 280 g/mol. The van der Waals surface area contributed by atoms with Gasteiger partial charge in [0.05, 0.1) is 17.7 Å². The predicted molar refractivity (Wildman–Crippen MR) is 81.3 cm³/mol. The Morgan fingerprint density at radius 1 is 1.14 bits per heavy atom. The summed E-state index contributed by atoms with van der Waals surface area (Å²) in [5.41, 5.74) is 1.31. The van der Waals surface area contributed by atoms with E-state index in [9.17, 15) is 14.7 Å². The smallest absolute Gasteiger partial charge is 0.309 e. The summed E-state index contributed by atoms with van der Waals surface area (Å²) in [5.74, 6) is -1.63. The van der Waals surface area contributed by atoms with Crippen molar-refractivity contribution in [3.63, 3.8) is 0 Å². The highest BCUT2D eigenvalue weighted by Crippen LogP contribution is 2.39. The molecule has 22 heavy (non-hydrogen) atoms. The van der Waals surface area contributed by atoms with Crippen molar-refractivity contribution >= 4 is 17.6 Å². The number of benzene rings is 1. The number of anilines is 1. The molecule has 5 nitrogen and oxygen atoms in total. The maximum absolute atomic E-state index is 12.5. The summed E-state index contributed by atoms with van der Waals surface area (Å²) in [6, 6.07) is 13.9. The Morgan fingerprint density at radius 2 is 1.86 bits per heavy atom. The Kier molecular flexibility index (Phi) is 3.87. The number of carbonyl (C=O) groups excluding carboxylic acids is 1. The molecule has 0 bridgehead atoms. The third-order valence-electron chi connectivity index (χ3n) is 3.94. The van der Waals surface area contributed by atoms with Gasteiger partial charge in [0.1, 0.15) is 0 Å². The van der Waals surface area contributed by atoms with Gasteiger partial charge < -0.3 is 10.0 Å². The lowest BCUT2D eigenvalue weighted by atomic mass is 9.86. The Morgan fingerprint density at radius 3 is 2.50 bits per heavy atom. The van der Waals surface area contributed by atoms with Crippen molar-refractivity contribution in [1.29, 1.82) is 0 Å². The van der Waals surface area contributed by atoms with Gasteiger partial charge in [0.15, 0.2) is 0 Å². The minimum absolute atomic E-state index is 0.0700. The number of piperidine rings is 1. The van der Waals surface area contributed by atoms with Crippen LogP contribution in [-0.4, -0.2) is 22.0 Å². The first-order valence-corrected chi connectivity index (χ1v) is 7.19. The first-order chi connectivity index (χ1) is 10.7. The molecule has 2 unspecified atom stereocenters. The van der Waals surface area contributed by atoms with E-state index in [1.165, 1.54) is 0 Å². The standard InChI is InChI=1S/C17H16N2O3/c20-15-10-9-13(17(21)22)16(14-8-4-5-11-18-14)19(15)12-6-2-1-3-7-12/h1-8,11,13,16H,9-10H2,(H,21,22). The molecule has 1 aliphatic rings. The summed E-state index contributed by atoms with van der Waals surface area (Å²) in [6.07, 6.45) is 2.18. The SMILES string of the molecule is O=C(O)C1CCC(=O)N(c2ccccc2)C1c1ccccn1. The highest BCUT2D eigenvalue weighted by atomic mass is 16.4. The van der Waals surface area contributed by atoms with Crippen LogP contribution in [0.25, 0.3) is 0 Å². The van der Waals surface area contributed by atoms with Crippen molar-refractivity contribution in [2.45, 2.75) is 18.9 Å². The number of carboxylic acid groups (broad SMARTS) is 1. The third-order valence-corrected chi connectivity index (χ3v) is 3.94. The van der Waals surface area contributed by atoms with Crippen LogP contribution in [0.1, 0.15) is 24.6 Å². The number of nitrogens with zero attached hydrogens (tertiary/aromatic N) is 2. The van der Waals surface area contributed by atoms with Gasteiger partial charge in [0.25, 0.3) is 0 Å². The average molecular weight is 296 g/mol. The summed E-state index contributed by atoms with van der Waals surface area (Å²) in [7, 11) is 0. The van der Waals surface area contributed by atoms with Crippen molar-refractivity contribution in [3.05, 3.63) is 60.4 Å². The molecule has 0 aliphatic carbocycles. The third kappa shape index (κ3) is 2.57. The molecular formula is C17H16N2O3. The molecule has 0 saturated carbocycles. The Hall–Kier alpha value is -2.69. The van der Waals surface area contributed by atoms with E-state index in [1.54, 1.807) is 23.2 Å². The molecule has 112 valence electrons. The Labute approximate surface area is 128 Å². The Balaban J connectivity index is 2.10. The minimum Gasteiger partial charge on any atom is -0.481 e. The number of pyridine rings is 1. The molecule has 1 aromatic carbocycles. The second-order valence-electron chi connectivity index (χ2n) is 5.28. The van der Waals surface area contributed by atoms with Crippen LogP contribution in [-0.2, 0) is 9.59 Å². The number of hydrogen-bond acceptors (Lipinski definition) is 3.